The van der Waals surface area contributed by atoms with Crippen LogP contribution in [-0.2, 0) is 11.2 Å². The molecule has 0 spiro atoms. The lowest BCUT2D eigenvalue weighted by atomic mass is 10.00. The van der Waals surface area contributed by atoms with Gasteiger partial charge in [0.05, 0.1) is 0 Å². The van der Waals surface area contributed by atoms with Gasteiger partial charge in [-0.3, -0.25) is 14.5 Å². The maximum atomic E-state index is 12.2. The number of fused-ring (bicyclic) bond motifs is 1. The molecule has 0 saturated carbocycles. The minimum atomic E-state index is 0.0652. The summed E-state index contributed by atoms with van der Waals surface area (Å²) in [5.74, 6) is 0.156. The smallest absolute Gasteiger partial charge is 0.223 e. The number of Topliss-reactive ketones (excluding diaryl/α,β-unsaturated/α-hetero) is 1. The predicted molar refractivity (Wildman–Crippen MR) is 97.1 cm³/mol. The molecule has 2 atom stereocenters. The highest BCUT2D eigenvalue weighted by molar-refractivity contribution is 6.03. The first-order chi connectivity index (χ1) is 11.3. The van der Waals surface area contributed by atoms with Crippen LogP contribution < -0.4 is 9.80 Å². The Hall–Kier alpha value is -1.88. The summed E-state index contributed by atoms with van der Waals surface area (Å²) in [4.78, 5) is 30.6. The third-order valence-electron chi connectivity index (χ3n) is 5.55. The summed E-state index contributed by atoms with van der Waals surface area (Å²) in [7, 11) is 2.15. The normalized spacial score (nSPS) is 24.2. The summed E-state index contributed by atoms with van der Waals surface area (Å²) in [6, 6.07) is 4.91. The quantitative estimate of drug-likeness (QED) is 0.781. The Morgan fingerprint density at radius 1 is 1.04 bits per heavy atom. The maximum absolute atomic E-state index is 12.2. The summed E-state index contributed by atoms with van der Waals surface area (Å²) in [5, 5.41) is 0. The zero-order valence-corrected chi connectivity index (χ0v) is 15.3. The van der Waals surface area contributed by atoms with Gasteiger partial charge in [0.25, 0.3) is 0 Å². The van der Waals surface area contributed by atoms with E-state index in [-0.39, 0.29) is 11.7 Å². The Morgan fingerprint density at radius 2 is 1.67 bits per heavy atom. The van der Waals surface area contributed by atoms with Gasteiger partial charge in [0.1, 0.15) is 0 Å². The molecule has 5 heteroatoms. The molecule has 1 saturated heterocycles. The predicted octanol–water partition coefficient (Wildman–Crippen LogP) is 2.33. The van der Waals surface area contributed by atoms with Crippen LogP contribution in [0.2, 0.25) is 0 Å². The fraction of sp³-hybridized carbons (Fsp3) is 0.579. The number of carbonyl (C=O) groups is 2. The van der Waals surface area contributed by atoms with E-state index in [1.54, 1.807) is 13.8 Å². The third kappa shape index (κ3) is 2.81. The topological polar surface area (TPSA) is 43.9 Å². The van der Waals surface area contributed by atoms with Crippen molar-refractivity contribution in [2.75, 3.05) is 36.5 Å². The van der Waals surface area contributed by atoms with E-state index in [0.29, 0.717) is 18.6 Å². The zero-order valence-electron chi connectivity index (χ0n) is 15.3. The van der Waals surface area contributed by atoms with Gasteiger partial charge >= 0.3 is 0 Å². The van der Waals surface area contributed by atoms with Crippen molar-refractivity contribution in [1.29, 1.82) is 0 Å². The molecule has 1 amide bonds. The molecule has 2 aliphatic heterocycles. The molecule has 3 rings (SSSR count). The van der Waals surface area contributed by atoms with Crippen LogP contribution in [0.4, 0.5) is 11.4 Å². The van der Waals surface area contributed by atoms with Crippen molar-refractivity contribution in [1.82, 2.24) is 4.90 Å². The van der Waals surface area contributed by atoms with Crippen molar-refractivity contribution in [3.63, 3.8) is 0 Å². The Balaban J connectivity index is 2.05. The second-order valence-electron chi connectivity index (χ2n) is 7.24. The van der Waals surface area contributed by atoms with Crippen LogP contribution in [0.5, 0.6) is 0 Å². The first-order valence-corrected chi connectivity index (χ1v) is 8.72. The molecular weight excluding hydrogens is 302 g/mol. The number of rotatable bonds is 2. The van der Waals surface area contributed by atoms with Gasteiger partial charge in [0.2, 0.25) is 5.91 Å². The molecule has 1 aromatic rings. The average Bonchev–Trinajstić information content (AvgIpc) is 2.93. The van der Waals surface area contributed by atoms with Gasteiger partial charge in [-0.05, 0) is 51.9 Å². The highest BCUT2D eigenvalue weighted by Crippen LogP contribution is 2.36. The highest BCUT2D eigenvalue weighted by atomic mass is 16.2. The van der Waals surface area contributed by atoms with E-state index in [2.05, 4.69) is 36.8 Å². The summed E-state index contributed by atoms with van der Waals surface area (Å²) >= 11 is 0. The van der Waals surface area contributed by atoms with Crippen molar-refractivity contribution in [3.05, 3.63) is 23.3 Å². The fourth-order valence-electron chi connectivity index (χ4n) is 3.90. The van der Waals surface area contributed by atoms with E-state index in [9.17, 15) is 9.59 Å². The number of hydrogen-bond donors (Lipinski definition) is 0. The fourth-order valence-corrected chi connectivity index (χ4v) is 3.90. The second kappa shape index (κ2) is 6.20. The van der Waals surface area contributed by atoms with Gasteiger partial charge in [0.15, 0.2) is 5.78 Å². The van der Waals surface area contributed by atoms with Crippen LogP contribution >= 0.6 is 0 Å². The Morgan fingerprint density at radius 3 is 2.21 bits per heavy atom. The molecule has 0 aliphatic carbocycles. The molecule has 24 heavy (non-hydrogen) atoms. The first kappa shape index (κ1) is 17.0. The standard InChI is InChI=1S/C19H27N3O2/c1-12-10-21(11-13(2)20(12)5)19-9-18-16(8-17(19)14(3)23)6-7-22(18)15(4)24/h8-9,12-13H,6-7,10-11H2,1-5H3. The summed E-state index contributed by atoms with van der Waals surface area (Å²) in [5.41, 5.74) is 3.83. The summed E-state index contributed by atoms with van der Waals surface area (Å²) < 4.78 is 0. The third-order valence-corrected chi connectivity index (χ3v) is 5.55. The number of ketones is 1. The molecule has 0 bridgehead atoms. The highest BCUT2D eigenvalue weighted by Gasteiger charge is 2.31. The van der Waals surface area contributed by atoms with Crippen LogP contribution in [0.1, 0.15) is 43.6 Å². The number of carbonyl (C=O) groups excluding carboxylic acids is 2. The van der Waals surface area contributed by atoms with Crippen LogP contribution in [0.15, 0.2) is 12.1 Å². The van der Waals surface area contributed by atoms with Gasteiger partial charge in [-0.15, -0.1) is 0 Å². The molecule has 5 nitrogen and oxygen atoms in total. The Bertz CT molecular complexity index is 673. The number of benzene rings is 1. The van der Waals surface area contributed by atoms with Crippen LogP contribution in [0.25, 0.3) is 0 Å². The van der Waals surface area contributed by atoms with Gasteiger partial charge in [-0.1, -0.05) is 0 Å². The number of piperazine rings is 1. The minimum absolute atomic E-state index is 0.0652. The van der Waals surface area contributed by atoms with E-state index in [0.717, 1.165) is 42.0 Å². The number of nitrogens with zero attached hydrogens (tertiary/aromatic N) is 3. The van der Waals surface area contributed by atoms with Crippen molar-refractivity contribution < 1.29 is 9.59 Å². The molecular formula is C19H27N3O2. The van der Waals surface area contributed by atoms with Gasteiger partial charge in [-0.25, -0.2) is 0 Å². The number of anilines is 2. The van der Waals surface area contributed by atoms with E-state index in [1.165, 1.54) is 0 Å². The van der Waals surface area contributed by atoms with Gasteiger partial charge in [0, 0.05) is 55.6 Å². The van der Waals surface area contributed by atoms with E-state index in [1.807, 2.05) is 11.0 Å². The molecule has 0 radical (unpaired) electrons. The van der Waals surface area contributed by atoms with Crippen molar-refractivity contribution in [2.45, 2.75) is 46.2 Å². The summed E-state index contributed by atoms with van der Waals surface area (Å²) in [6.07, 6.45) is 0.824. The molecule has 2 unspecified atom stereocenters. The molecule has 1 aromatic carbocycles. The maximum Gasteiger partial charge on any atom is 0.223 e. The van der Waals surface area contributed by atoms with Crippen LogP contribution in [0.3, 0.4) is 0 Å². The SMILES string of the molecule is CC(=O)c1cc2c(cc1N1CC(C)N(C)C(C)C1)N(C(C)=O)CC2. The molecule has 130 valence electrons. The number of amides is 1. The van der Waals surface area contributed by atoms with E-state index < -0.39 is 0 Å². The molecule has 0 N–H and O–H groups in total. The number of hydrogen-bond acceptors (Lipinski definition) is 4. The van der Waals surface area contributed by atoms with Crippen molar-refractivity contribution in [2.24, 2.45) is 0 Å². The van der Waals surface area contributed by atoms with Crippen molar-refractivity contribution in [3.8, 4) is 0 Å². The lowest BCUT2D eigenvalue weighted by Gasteiger charge is -2.44. The molecule has 2 heterocycles. The zero-order chi connectivity index (χ0) is 17.6. The largest absolute Gasteiger partial charge is 0.368 e. The van der Waals surface area contributed by atoms with Gasteiger partial charge < -0.3 is 9.80 Å². The molecule has 0 aromatic heterocycles. The minimum Gasteiger partial charge on any atom is -0.368 e. The lowest BCUT2D eigenvalue weighted by molar-refractivity contribution is -0.116. The Kier molecular flexibility index (Phi) is 4.38. The van der Waals surface area contributed by atoms with E-state index in [4.69, 9.17) is 0 Å². The number of likely N-dealkylation sites (N-methyl/N-ethyl adjacent to an activating group) is 1. The molecule has 2 aliphatic rings. The monoisotopic (exact) mass is 329 g/mol. The van der Waals surface area contributed by atoms with Crippen LogP contribution in [0, 0.1) is 0 Å². The summed E-state index contributed by atoms with van der Waals surface area (Å²) in [6.45, 7) is 10.1. The lowest BCUT2D eigenvalue weighted by Crippen LogP contribution is -2.55. The Labute approximate surface area is 144 Å². The second-order valence-corrected chi connectivity index (χ2v) is 7.24. The molecule has 1 fully saturated rings. The van der Waals surface area contributed by atoms with E-state index >= 15 is 0 Å². The van der Waals surface area contributed by atoms with Crippen molar-refractivity contribution >= 4 is 23.1 Å². The first-order valence-electron chi connectivity index (χ1n) is 8.72. The van der Waals surface area contributed by atoms with Crippen LogP contribution in [-0.4, -0.2) is 55.4 Å². The average molecular weight is 329 g/mol. The van der Waals surface area contributed by atoms with Gasteiger partial charge in [-0.2, -0.15) is 0 Å².